The largest absolute Gasteiger partial charge is 0.497 e. The summed E-state index contributed by atoms with van der Waals surface area (Å²) in [5.74, 6) is 0.719. The molecule has 8 heteroatoms. The van der Waals surface area contributed by atoms with Crippen molar-refractivity contribution < 1.29 is 22.7 Å². The molecule has 0 aliphatic carbocycles. The number of para-hydroxylation sites is 2. The molecule has 1 N–H and O–H groups in total. The van der Waals surface area contributed by atoms with Crippen LogP contribution in [0.3, 0.4) is 0 Å². The molecule has 0 radical (unpaired) electrons. The lowest BCUT2D eigenvalue weighted by molar-refractivity contribution is -0.120. The Balaban J connectivity index is 2.47. The molecule has 158 valence electrons. The molecule has 1 atom stereocenters. The monoisotopic (exact) mass is 420 g/mol. The zero-order valence-corrected chi connectivity index (χ0v) is 18.2. The second kappa shape index (κ2) is 9.65. The third kappa shape index (κ3) is 5.41. The molecular weight excluding hydrogens is 392 g/mol. The van der Waals surface area contributed by atoms with E-state index in [1.165, 1.54) is 26.4 Å². The van der Waals surface area contributed by atoms with Crippen LogP contribution in [0.1, 0.15) is 20.8 Å². The molecule has 0 bridgehead atoms. The van der Waals surface area contributed by atoms with Gasteiger partial charge in [-0.1, -0.05) is 26.0 Å². The summed E-state index contributed by atoms with van der Waals surface area (Å²) in [4.78, 5) is 12.7. The summed E-state index contributed by atoms with van der Waals surface area (Å²) in [7, 11) is -1.06. The average Bonchev–Trinajstić information content (AvgIpc) is 2.71. The molecule has 1 amide bonds. The maximum Gasteiger partial charge on any atom is 0.264 e. The molecule has 0 aliphatic rings. The fourth-order valence-electron chi connectivity index (χ4n) is 2.61. The summed E-state index contributed by atoms with van der Waals surface area (Å²) in [5.41, 5.74) is 0.290. The van der Waals surface area contributed by atoms with Crippen LogP contribution in [0.2, 0.25) is 0 Å². The lowest BCUT2D eigenvalue weighted by Gasteiger charge is -2.27. The first-order valence-corrected chi connectivity index (χ1v) is 10.7. The summed E-state index contributed by atoms with van der Waals surface area (Å²) < 4.78 is 38.3. The normalized spacial score (nSPS) is 12.3. The molecule has 0 heterocycles. The van der Waals surface area contributed by atoms with Gasteiger partial charge in [0.2, 0.25) is 5.91 Å². The van der Waals surface area contributed by atoms with Gasteiger partial charge < -0.3 is 14.8 Å². The quantitative estimate of drug-likeness (QED) is 0.674. The third-order valence-electron chi connectivity index (χ3n) is 4.68. The summed E-state index contributed by atoms with van der Waals surface area (Å²) in [6.07, 6.45) is 0. The Morgan fingerprint density at radius 1 is 1.00 bits per heavy atom. The van der Waals surface area contributed by atoms with E-state index in [9.17, 15) is 13.2 Å². The van der Waals surface area contributed by atoms with Gasteiger partial charge in [0.25, 0.3) is 10.0 Å². The minimum Gasteiger partial charge on any atom is -0.497 e. The van der Waals surface area contributed by atoms with E-state index in [1.807, 2.05) is 20.8 Å². The predicted molar refractivity (Wildman–Crippen MR) is 113 cm³/mol. The van der Waals surface area contributed by atoms with Crippen LogP contribution in [-0.4, -0.2) is 41.1 Å². The number of sulfonamides is 1. The van der Waals surface area contributed by atoms with Crippen molar-refractivity contribution in [1.29, 1.82) is 0 Å². The molecule has 0 spiro atoms. The summed E-state index contributed by atoms with van der Waals surface area (Å²) in [5, 5.41) is 2.85. The number of hydrogen-bond acceptors (Lipinski definition) is 5. The Kier molecular flexibility index (Phi) is 7.50. The van der Waals surface area contributed by atoms with Crippen LogP contribution in [-0.2, 0) is 14.8 Å². The zero-order chi connectivity index (χ0) is 21.6. The maximum absolute atomic E-state index is 13.4. The molecule has 0 saturated carbocycles. The predicted octanol–water partition coefficient (Wildman–Crippen LogP) is 3.06. The van der Waals surface area contributed by atoms with Crippen molar-refractivity contribution in [3.63, 3.8) is 0 Å². The van der Waals surface area contributed by atoms with Crippen molar-refractivity contribution in [2.75, 3.05) is 25.1 Å². The molecule has 2 aromatic carbocycles. The van der Waals surface area contributed by atoms with Gasteiger partial charge in [0.05, 0.1) is 24.8 Å². The number of rotatable bonds is 9. The van der Waals surface area contributed by atoms with Crippen molar-refractivity contribution >= 4 is 21.6 Å². The van der Waals surface area contributed by atoms with Crippen molar-refractivity contribution in [1.82, 2.24) is 5.32 Å². The minimum absolute atomic E-state index is 0.0499. The van der Waals surface area contributed by atoms with E-state index in [0.717, 1.165) is 4.31 Å². The van der Waals surface area contributed by atoms with Gasteiger partial charge in [-0.15, -0.1) is 0 Å². The Labute approximate surface area is 172 Å². The number of methoxy groups -OCH3 is 2. The van der Waals surface area contributed by atoms with Gasteiger partial charge in [-0.2, -0.15) is 0 Å². The highest BCUT2D eigenvalue weighted by Crippen LogP contribution is 2.32. The SMILES string of the molecule is COc1ccc(S(=O)(=O)N(CC(=O)N[C@H](C)C(C)C)c2ccccc2OC)cc1. The van der Waals surface area contributed by atoms with Gasteiger partial charge in [0.15, 0.2) is 0 Å². The van der Waals surface area contributed by atoms with Gasteiger partial charge in [0, 0.05) is 6.04 Å². The van der Waals surface area contributed by atoms with Gasteiger partial charge in [-0.3, -0.25) is 9.10 Å². The number of carbonyl (C=O) groups is 1. The number of nitrogens with one attached hydrogen (secondary N) is 1. The molecular formula is C21H28N2O5S. The zero-order valence-electron chi connectivity index (χ0n) is 17.4. The van der Waals surface area contributed by atoms with Gasteiger partial charge in [-0.05, 0) is 49.2 Å². The third-order valence-corrected chi connectivity index (χ3v) is 6.45. The lowest BCUT2D eigenvalue weighted by atomic mass is 10.1. The fourth-order valence-corrected chi connectivity index (χ4v) is 4.04. The highest BCUT2D eigenvalue weighted by atomic mass is 32.2. The molecule has 7 nitrogen and oxygen atoms in total. The number of ether oxygens (including phenoxy) is 2. The van der Waals surface area contributed by atoms with E-state index in [0.29, 0.717) is 11.5 Å². The molecule has 2 rings (SSSR count). The summed E-state index contributed by atoms with van der Waals surface area (Å²) >= 11 is 0. The lowest BCUT2D eigenvalue weighted by Crippen LogP contribution is -2.45. The number of hydrogen-bond donors (Lipinski definition) is 1. The first-order chi connectivity index (χ1) is 13.7. The van der Waals surface area contributed by atoms with Crippen molar-refractivity contribution in [2.24, 2.45) is 5.92 Å². The minimum atomic E-state index is -4.03. The Hall–Kier alpha value is -2.74. The van der Waals surface area contributed by atoms with Crippen LogP contribution in [0, 0.1) is 5.92 Å². The van der Waals surface area contributed by atoms with Crippen molar-refractivity contribution in [3.05, 3.63) is 48.5 Å². The highest BCUT2D eigenvalue weighted by Gasteiger charge is 2.29. The number of benzene rings is 2. The molecule has 0 unspecified atom stereocenters. The van der Waals surface area contributed by atoms with Crippen LogP contribution in [0.25, 0.3) is 0 Å². The summed E-state index contributed by atoms with van der Waals surface area (Å²) in [6.45, 7) is 5.48. The number of anilines is 1. The molecule has 0 aromatic heterocycles. The van der Waals surface area contributed by atoms with Gasteiger partial charge in [0.1, 0.15) is 18.0 Å². The second-order valence-corrected chi connectivity index (χ2v) is 8.82. The van der Waals surface area contributed by atoms with E-state index in [1.54, 1.807) is 36.4 Å². The smallest absolute Gasteiger partial charge is 0.264 e. The second-order valence-electron chi connectivity index (χ2n) is 6.96. The standard InChI is InChI=1S/C21H28N2O5S/c1-15(2)16(3)22-21(24)14-23(19-8-6-7-9-20(19)28-5)29(25,26)18-12-10-17(27-4)11-13-18/h6-13,15-16H,14H2,1-5H3,(H,22,24)/t16-/m1/s1. The molecule has 29 heavy (non-hydrogen) atoms. The van der Waals surface area contributed by atoms with Crippen LogP contribution >= 0.6 is 0 Å². The van der Waals surface area contributed by atoms with E-state index in [2.05, 4.69) is 5.32 Å². The van der Waals surface area contributed by atoms with Crippen LogP contribution in [0.15, 0.2) is 53.4 Å². The number of carbonyl (C=O) groups excluding carboxylic acids is 1. The van der Waals surface area contributed by atoms with E-state index in [-0.39, 0.29) is 29.1 Å². The van der Waals surface area contributed by atoms with Crippen molar-refractivity contribution in [2.45, 2.75) is 31.7 Å². The number of nitrogens with zero attached hydrogens (tertiary/aromatic N) is 1. The molecule has 2 aromatic rings. The summed E-state index contributed by atoms with van der Waals surface area (Å²) in [6, 6.07) is 12.6. The molecule has 0 fully saturated rings. The Bertz CT molecular complexity index is 926. The van der Waals surface area contributed by atoms with Gasteiger partial charge in [-0.25, -0.2) is 8.42 Å². The Morgan fingerprint density at radius 2 is 1.62 bits per heavy atom. The van der Waals surface area contributed by atoms with E-state index < -0.39 is 15.9 Å². The molecule has 0 saturated heterocycles. The van der Waals surface area contributed by atoms with E-state index >= 15 is 0 Å². The number of amides is 1. The fraction of sp³-hybridized carbons (Fsp3) is 0.381. The average molecular weight is 421 g/mol. The van der Waals surface area contributed by atoms with Crippen molar-refractivity contribution in [3.8, 4) is 11.5 Å². The highest BCUT2D eigenvalue weighted by molar-refractivity contribution is 7.92. The Morgan fingerprint density at radius 3 is 2.17 bits per heavy atom. The van der Waals surface area contributed by atoms with Crippen LogP contribution in [0.5, 0.6) is 11.5 Å². The first kappa shape index (κ1) is 22.5. The maximum atomic E-state index is 13.4. The van der Waals surface area contributed by atoms with Crippen LogP contribution < -0.4 is 19.1 Å². The molecule has 0 aliphatic heterocycles. The first-order valence-electron chi connectivity index (χ1n) is 9.30. The topological polar surface area (TPSA) is 84.9 Å². The van der Waals surface area contributed by atoms with Crippen LogP contribution in [0.4, 0.5) is 5.69 Å². The van der Waals surface area contributed by atoms with Gasteiger partial charge >= 0.3 is 0 Å². The van der Waals surface area contributed by atoms with E-state index in [4.69, 9.17) is 9.47 Å².